The van der Waals surface area contributed by atoms with Gasteiger partial charge in [0, 0.05) is 40.3 Å². The van der Waals surface area contributed by atoms with E-state index in [9.17, 15) is 9.59 Å². The molecule has 1 aliphatic carbocycles. The molecule has 9 nitrogen and oxygen atoms in total. The van der Waals surface area contributed by atoms with E-state index in [1.807, 2.05) is 36.4 Å². The molecule has 2 N–H and O–H groups in total. The summed E-state index contributed by atoms with van der Waals surface area (Å²) < 4.78 is 11.5. The highest BCUT2D eigenvalue weighted by Crippen LogP contribution is 2.33. The van der Waals surface area contributed by atoms with E-state index in [1.165, 1.54) is 12.4 Å². The Morgan fingerprint density at radius 3 is 2.78 bits per heavy atom. The molecule has 4 rings (SSSR count). The van der Waals surface area contributed by atoms with E-state index in [2.05, 4.69) is 36.5 Å². The summed E-state index contributed by atoms with van der Waals surface area (Å²) >= 11 is 3.48. The highest BCUT2D eigenvalue weighted by atomic mass is 79.9. The standard InChI is InChI=1S/C26H28BrN5O4/c1-3-36-25(34)15-32(19-9-10-19)24(33)8-5-11-28-22-13-20-21(14-23(22)35-2)29-16-30-26(20)31-18-7-4-6-17(27)12-18/h4-8,12-14,16,19,28H,3,9-11,15H2,1-2H3,(H,29,30,31). The topological polar surface area (TPSA) is 106 Å². The van der Waals surface area contributed by atoms with Crippen LogP contribution in [-0.4, -0.2) is 59.6 Å². The van der Waals surface area contributed by atoms with Crippen molar-refractivity contribution < 1.29 is 19.1 Å². The Morgan fingerprint density at radius 1 is 1.22 bits per heavy atom. The van der Waals surface area contributed by atoms with Crippen LogP contribution in [0.25, 0.3) is 10.9 Å². The second-order valence-corrected chi connectivity index (χ2v) is 9.13. The van der Waals surface area contributed by atoms with Crippen LogP contribution in [0, 0.1) is 0 Å². The van der Waals surface area contributed by atoms with Crippen LogP contribution in [0.2, 0.25) is 0 Å². The van der Waals surface area contributed by atoms with Gasteiger partial charge in [-0.3, -0.25) is 9.59 Å². The first-order valence-electron chi connectivity index (χ1n) is 11.7. The summed E-state index contributed by atoms with van der Waals surface area (Å²) in [5, 5.41) is 7.44. The third-order valence-electron chi connectivity index (χ3n) is 5.59. The molecule has 0 spiro atoms. The van der Waals surface area contributed by atoms with Crippen LogP contribution < -0.4 is 15.4 Å². The molecule has 0 aliphatic heterocycles. The third-order valence-corrected chi connectivity index (χ3v) is 6.08. The number of carbonyl (C=O) groups is 2. The van der Waals surface area contributed by atoms with Crippen LogP contribution >= 0.6 is 15.9 Å². The van der Waals surface area contributed by atoms with Crippen molar-refractivity contribution >= 4 is 55.9 Å². The first-order chi connectivity index (χ1) is 17.5. The Labute approximate surface area is 218 Å². The van der Waals surface area contributed by atoms with E-state index in [0.29, 0.717) is 24.7 Å². The molecule has 10 heteroatoms. The lowest BCUT2D eigenvalue weighted by molar-refractivity contribution is -0.148. The molecule has 0 atom stereocenters. The molecule has 1 fully saturated rings. The first-order valence-corrected chi connectivity index (χ1v) is 12.5. The number of fused-ring (bicyclic) bond motifs is 1. The smallest absolute Gasteiger partial charge is 0.325 e. The van der Waals surface area contributed by atoms with Gasteiger partial charge in [-0.25, -0.2) is 9.97 Å². The summed E-state index contributed by atoms with van der Waals surface area (Å²) in [7, 11) is 1.59. The van der Waals surface area contributed by atoms with Gasteiger partial charge in [0.15, 0.2) is 0 Å². The van der Waals surface area contributed by atoms with Crippen LogP contribution in [0.4, 0.5) is 17.2 Å². The van der Waals surface area contributed by atoms with Gasteiger partial charge in [0.2, 0.25) is 5.91 Å². The number of amides is 1. The summed E-state index contributed by atoms with van der Waals surface area (Å²) in [6.45, 7) is 2.40. The van der Waals surface area contributed by atoms with Crippen molar-refractivity contribution in [2.75, 3.05) is 37.4 Å². The number of nitrogens with zero attached hydrogens (tertiary/aromatic N) is 3. The number of rotatable bonds is 11. The fourth-order valence-electron chi connectivity index (χ4n) is 3.74. The maximum absolute atomic E-state index is 12.7. The highest BCUT2D eigenvalue weighted by molar-refractivity contribution is 9.10. The van der Waals surface area contributed by atoms with E-state index in [-0.39, 0.29) is 24.5 Å². The Morgan fingerprint density at radius 2 is 2.06 bits per heavy atom. The van der Waals surface area contributed by atoms with E-state index in [4.69, 9.17) is 9.47 Å². The monoisotopic (exact) mass is 553 g/mol. The molecule has 1 saturated carbocycles. The van der Waals surface area contributed by atoms with E-state index in [0.717, 1.165) is 39.6 Å². The van der Waals surface area contributed by atoms with Crippen LogP contribution in [0.3, 0.4) is 0 Å². The molecule has 36 heavy (non-hydrogen) atoms. The SMILES string of the molecule is CCOC(=O)CN(C(=O)C=CCNc1cc2c(Nc3cccc(Br)c3)ncnc2cc1OC)C1CC1. The highest BCUT2D eigenvalue weighted by Gasteiger charge is 2.33. The maximum Gasteiger partial charge on any atom is 0.325 e. The fourth-order valence-corrected chi connectivity index (χ4v) is 4.14. The summed E-state index contributed by atoms with van der Waals surface area (Å²) in [5.41, 5.74) is 2.36. The van der Waals surface area contributed by atoms with Gasteiger partial charge < -0.3 is 25.0 Å². The number of hydrogen-bond acceptors (Lipinski definition) is 8. The predicted octanol–water partition coefficient (Wildman–Crippen LogP) is 4.67. The van der Waals surface area contributed by atoms with Crippen molar-refractivity contribution in [1.82, 2.24) is 14.9 Å². The van der Waals surface area contributed by atoms with Crippen LogP contribution in [-0.2, 0) is 14.3 Å². The molecule has 1 heterocycles. The van der Waals surface area contributed by atoms with E-state index in [1.54, 1.807) is 25.0 Å². The Kier molecular flexibility index (Phi) is 8.37. The number of anilines is 3. The molecule has 3 aromatic rings. The summed E-state index contributed by atoms with van der Waals surface area (Å²) in [6.07, 6.45) is 6.54. The largest absolute Gasteiger partial charge is 0.495 e. The lowest BCUT2D eigenvalue weighted by atomic mass is 10.2. The van der Waals surface area contributed by atoms with Crippen molar-refractivity contribution in [2.24, 2.45) is 0 Å². The maximum atomic E-state index is 12.7. The lowest BCUT2D eigenvalue weighted by Crippen LogP contribution is -2.37. The molecule has 0 radical (unpaired) electrons. The number of halogens is 1. The molecule has 188 valence electrons. The number of aromatic nitrogens is 2. The molecular formula is C26H28BrN5O4. The van der Waals surface area contributed by atoms with Crippen molar-refractivity contribution in [3.8, 4) is 5.75 Å². The average molecular weight is 554 g/mol. The van der Waals surface area contributed by atoms with Crippen molar-refractivity contribution in [2.45, 2.75) is 25.8 Å². The van der Waals surface area contributed by atoms with Crippen LogP contribution in [0.15, 0.2) is 59.4 Å². The number of benzene rings is 2. The summed E-state index contributed by atoms with van der Waals surface area (Å²) in [4.78, 5) is 34.9. The van der Waals surface area contributed by atoms with Crippen molar-refractivity contribution in [3.05, 3.63) is 59.4 Å². The van der Waals surface area contributed by atoms with E-state index >= 15 is 0 Å². The van der Waals surface area contributed by atoms with Gasteiger partial charge in [0.05, 0.1) is 24.9 Å². The Hall–Kier alpha value is -3.66. The Balaban J connectivity index is 1.47. The fraction of sp³-hybridized carbons (Fsp3) is 0.308. The van der Waals surface area contributed by atoms with Gasteiger partial charge >= 0.3 is 5.97 Å². The zero-order valence-electron chi connectivity index (χ0n) is 20.2. The van der Waals surface area contributed by atoms with E-state index < -0.39 is 0 Å². The molecule has 0 bridgehead atoms. The minimum absolute atomic E-state index is 0.0264. The second kappa shape index (κ2) is 11.9. The van der Waals surface area contributed by atoms with Crippen LogP contribution in [0.1, 0.15) is 19.8 Å². The number of esters is 1. The second-order valence-electron chi connectivity index (χ2n) is 8.21. The van der Waals surface area contributed by atoms with Gasteiger partial charge in [-0.05, 0) is 44.0 Å². The van der Waals surface area contributed by atoms with Crippen molar-refractivity contribution in [1.29, 1.82) is 0 Å². The molecular weight excluding hydrogens is 526 g/mol. The summed E-state index contributed by atoms with van der Waals surface area (Å²) in [6, 6.07) is 11.7. The number of carbonyl (C=O) groups excluding carboxylic acids is 2. The average Bonchev–Trinajstić information content (AvgIpc) is 3.70. The molecule has 1 amide bonds. The number of methoxy groups -OCH3 is 1. The normalized spacial score (nSPS) is 13.0. The first kappa shape index (κ1) is 25.4. The minimum Gasteiger partial charge on any atom is -0.495 e. The predicted molar refractivity (Wildman–Crippen MR) is 143 cm³/mol. The van der Waals surface area contributed by atoms with Gasteiger partial charge in [-0.1, -0.05) is 28.1 Å². The summed E-state index contributed by atoms with van der Waals surface area (Å²) in [5.74, 6) is 0.691. The van der Waals surface area contributed by atoms with Gasteiger partial charge in [0.25, 0.3) is 0 Å². The molecule has 1 aliphatic rings. The Bertz CT molecular complexity index is 1280. The molecule has 2 aromatic carbocycles. The third kappa shape index (κ3) is 6.51. The zero-order chi connectivity index (χ0) is 25.5. The lowest BCUT2D eigenvalue weighted by Gasteiger charge is -2.19. The molecule has 0 unspecified atom stereocenters. The molecule has 1 aromatic heterocycles. The number of nitrogens with one attached hydrogen (secondary N) is 2. The van der Waals surface area contributed by atoms with Gasteiger partial charge in [-0.15, -0.1) is 0 Å². The quantitative estimate of drug-likeness (QED) is 0.260. The number of hydrogen-bond donors (Lipinski definition) is 2. The van der Waals surface area contributed by atoms with Gasteiger partial charge in [-0.2, -0.15) is 0 Å². The zero-order valence-corrected chi connectivity index (χ0v) is 21.7. The van der Waals surface area contributed by atoms with Crippen molar-refractivity contribution in [3.63, 3.8) is 0 Å². The van der Waals surface area contributed by atoms with Gasteiger partial charge in [0.1, 0.15) is 24.4 Å². The molecule has 0 saturated heterocycles. The number of ether oxygens (including phenoxy) is 2. The van der Waals surface area contributed by atoms with Crippen LogP contribution in [0.5, 0.6) is 5.75 Å². The minimum atomic E-state index is -0.389.